The molecule has 0 aromatic rings. The number of ether oxygens (including phenoxy) is 2. The highest BCUT2D eigenvalue weighted by Crippen LogP contribution is 2.38. The van der Waals surface area contributed by atoms with Crippen molar-refractivity contribution in [1.29, 1.82) is 0 Å². The third-order valence-electron chi connectivity index (χ3n) is 4.31. The third-order valence-corrected chi connectivity index (χ3v) is 4.31. The summed E-state index contributed by atoms with van der Waals surface area (Å²) in [5.74, 6) is -0.409. The van der Waals surface area contributed by atoms with Crippen LogP contribution >= 0.6 is 0 Å². The Labute approximate surface area is 145 Å². The molecule has 134 valence electrons. The van der Waals surface area contributed by atoms with E-state index in [1.54, 1.807) is 39.8 Å². The van der Waals surface area contributed by atoms with Gasteiger partial charge in [0.05, 0.1) is 11.2 Å². The summed E-state index contributed by atoms with van der Waals surface area (Å²) in [4.78, 5) is 12.1. The number of hydrogen-bond donors (Lipinski definition) is 1. The molecule has 1 rings (SSSR count). The predicted molar refractivity (Wildman–Crippen MR) is 96.6 cm³/mol. The normalized spacial score (nSPS) is 31.1. The third kappa shape index (κ3) is 5.18. The van der Waals surface area contributed by atoms with Gasteiger partial charge in [-0.15, -0.1) is 0 Å². The molecule has 1 aliphatic heterocycles. The molecular weight excluding hydrogens is 304 g/mol. The highest BCUT2D eigenvalue weighted by atomic mass is 16.6. The van der Waals surface area contributed by atoms with Gasteiger partial charge in [0, 0.05) is 12.0 Å². The summed E-state index contributed by atoms with van der Waals surface area (Å²) in [6.45, 7) is 14.7. The molecule has 1 saturated heterocycles. The summed E-state index contributed by atoms with van der Waals surface area (Å²) in [5.41, 5.74) is 0.0867. The molecule has 3 atom stereocenters. The van der Waals surface area contributed by atoms with Crippen molar-refractivity contribution in [2.75, 3.05) is 0 Å². The fourth-order valence-electron chi connectivity index (χ4n) is 2.69. The van der Waals surface area contributed by atoms with Gasteiger partial charge in [0.15, 0.2) is 0 Å². The van der Waals surface area contributed by atoms with Gasteiger partial charge >= 0.3 is 5.97 Å². The van der Waals surface area contributed by atoms with Crippen molar-refractivity contribution in [1.82, 2.24) is 0 Å². The largest absolute Gasteiger partial charge is 0.456 e. The summed E-state index contributed by atoms with van der Waals surface area (Å²) >= 11 is 0. The second kappa shape index (κ2) is 7.95. The first-order valence-electron chi connectivity index (χ1n) is 8.25. The van der Waals surface area contributed by atoms with Crippen molar-refractivity contribution in [3.8, 4) is 0 Å². The Morgan fingerprint density at radius 2 is 1.96 bits per heavy atom. The van der Waals surface area contributed by atoms with Crippen LogP contribution in [-0.4, -0.2) is 34.5 Å². The summed E-state index contributed by atoms with van der Waals surface area (Å²) in [7, 11) is 0. The van der Waals surface area contributed by atoms with E-state index in [9.17, 15) is 9.90 Å². The smallest absolute Gasteiger partial charge is 0.333 e. The van der Waals surface area contributed by atoms with Gasteiger partial charge in [0.25, 0.3) is 0 Å². The van der Waals surface area contributed by atoms with E-state index in [-0.39, 0.29) is 0 Å². The number of carbonyl (C=O) groups excluding carboxylic acids is 1. The van der Waals surface area contributed by atoms with Crippen molar-refractivity contribution >= 4 is 5.97 Å². The zero-order valence-corrected chi connectivity index (χ0v) is 15.6. The lowest BCUT2D eigenvalue weighted by atomic mass is 9.83. The molecule has 0 spiro atoms. The Kier molecular flexibility index (Phi) is 6.76. The molecule has 24 heavy (non-hydrogen) atoms. The Morgan fingerprint density at radius 3 is 2.50 bits per heavy atom. The Bertz CT molecular complexity index is 568. The monoisotopic (exact) mass is 334 g/mol. The molecule has 0 unspecified atom stereocenters. The Balaban J connectivity index is 3.01. The lowest BCUT2D eigenvalue weighted by Gasteiger charge is -2.48. The zero-order chi connectivity index (χ0) is 18.5. The van der Waals surface area contributed by atoms with Crippen molar-refractivity contribution < 1.29 is 19.4 Å². The quantitative estimate of drug-likeness (QED) is 0.471. The van der Waals surface area contributed by atoms with E-state index in [1.165, 1.54) is 0 Å². The van der Waals surface area contributed by atoms with Gasteiger partial charge in [-0.25, -0.2) is 4.79 Å². The van der Waals surface area contributed by atoms with Crippen LogP contribution in [0.5, 0.6) is 0 Å². The molecule has 0 bridgehead atoms. The lowest BCUT2D eigenvalue weighted by molar-refractivity contribution is -0.239. The van der Waals surface area contributed by atoms with E-state index in [4.69, 9.17) is 9.47 Å². The molecule has 0 radical (unpaired) electrons. The number of aliphatic hydroxyl groups excluding tert-OH is 1. The molecule has 0 amide bonds. The number of allylic oxidation sites excluding steroid dienone is 5. The van der Waals surface area contributed by atoms with E-state index in [0.29, 0.717) is 12.0 Å². The molecule has 0 saturated carbocycles. The number of esters is 1. The van der Waals surface area contributed by atoms with Gasteiger partial charge < -0.3 is 14.6 Å². The molecule has 1 fully saturated rings. The van der Waals surface area contributed by atoms with E-state index >= 15 is 0 Å². The van der Waals surface area contributed by atoms with Gasteiger partial charge in [-0.05, 0) is 41.5 Å². The zero-order valence-electron chi connectivity index (χ0n) is 15.6. The fraction of sp³-hybridized carbons (Fsp3) is 0.550. The van der Waals surface area contributed by atoms with Crippen LogP contribution in [0, 0.1) is 0 Å². The topological polar surface area (TPSA) is 55.8 Å². The van der Waals surface area contributed by atoms with Gasteiger partial charge in [-0.2, -0.15) is 0 Å². The molecule has 1 aliphatic rings. The number of aliphatic hydroxyl groups is 1. The minimum atomic E-state index is -0.891. The number of hydrogen-bond acceptors (Lipinski definition) is 4. The van der Waals surface area contributed by atoms with Crippen LogP contribution in [0.1, 0.15) is 48.0 Å². The number of rotatable bonds is 5. The van der Waals surface area contributed by atoms with Gasteiger partial charge in [0.2, 0.25) is 0 Å². The van der Waals surface area contributed by atoms with E-state index in [2.05, 4.69) is 6.58 Å². The van der Waals surface area contributed by atoms with Crippen LogP contribution in [-0.2, 0) is 14.3 Å². The fourth-order valence-corrected chi connectivity index (χ4v) is 2.69. The van der Waals surface area contributed by atoms with Crippen LogP contribution in [0.15, 0.2) is 48.1 Å². The average molecular weight is 334 g/mol. The summed E-state index contributed by atoms with van der Waals surface area (Å²) in [6.07, 6.45) is 8.10. The minimum Gasteiger partial charge on any atom is -0.456 e. The van der Waals surface area contributed by atoms with Gasteiger partial charge in [-0.1, -0.05) is 42.5 Å². The van der Waals surface area contributed by atoms with Crippen LogP contribution in [0.25, 0.3) is 0 Å². The molecule has 1 N–H and O–H groups in total. The van der Waals surface area contributed by atoms with Gasteiger partial charge in [-0.3, -0.25) is 0 Å². The van der Waals surface area contributed by atoms with Crippen molar-refractivity contribution in [3.63, 3.8) is 0 Å². The van der Waals surface area contributed by atoms with Crippen LogP contribution in [0.3, 0.4) is 0 Å². The SMILES string of the molecule is C=C/C(C)=C\C=C\[C@]1(C)C[C@@H](OC(=O)/C(C)=C\C)[C@H](O)C(C)(C)O1. The molecule has 4 nitrogen and oxygen atoms in total. The summed E-state index contributed by atoms with van der Waals surface area (Å²) in [5, 5.41) is 10.5. The highest BCUT2D eigenvalue weighted by molar-refractivity contribution is 5.87. The van der Waals surface area contributed by atoms with E-state index in [1.807, 2.05) is 32.1 Å². The predicted octanol–water partition coefficient (Wildman–Crippen LogP) is 3.87. The maximum atomic E-state index is 12.1. The van der Waals surface area contributed by atoms with Crippen LogP contribution < -0.4 is 0 Å². The van der Waals surface area contributed by atoms with Gasteiger partial charge in [0.1, 0.15) is 12.2 Å². The molecule has 0 aromatic heterocycles. The van der Waals surface area contributed by atoms with Crippen LogP contribution in [0.4, 0.5) is 0 Å². The summed E-state index contributed by atoms with van der Waals surface area (Å²) in [6, 6.07) is 0. The first-order valence-corrected chi connectivity index (χ1v) is 8.25. The average Bonchev–Trinajstić information content (AvgIpc) is 2.50. The van der Waals surface area contributed by atoms with E-state index in [0.717, 1.165) is 5.57 Å². The molecular formula is C20H30O4. The van der Waals surface area contributed by atoms with Crippen molar-refractivity contribution in [2.24, 2.45) is 0 Å². The second-order valence-corrected chi connectivity index (χ2v) is 7.06. The van der Waals surface area contributed by atoms with Crippen LogP contribution in [0.2, 0.25) is 0 Å². The van der Waals surface area contributed by atoms with Crippen molar-refractivity contribution in [3.05, 3.63) is 48.1 Å². The van der Waals surface area contributed by atoms with Crippen molar-refractivity contribution in [2.45, 2.75) is 71.4 Å². The highest BCUT2D eigenvalue weighted by Gasteiger charge is 2.49. The first kappa shape index (κ1) is 20.4. The lowest BCUT2D eigenvalue weighted by Crippen LogP contribution is -2.59. The Morgan fingerprint density at radius 1 is 1.33 bits per heavy atom. The molecule has 0 aliphatic carbocycles. The maximum Gasteiger partial charge on any atom is 0.333 e. The standard InChI is InChI=1S/C20H30O4/c1-8-14(3)11-10-12-20(7)13-16(17(21)19(5,6)24-20)23-18(22)15(4)9-2/h8-12,16-17,21H,1,13H2,2-7H3/b12-10+,14-11-,15-9-/t16-,17+,20-/m1/s1. The Hall–Kier alpha value is -1.65. The van der Waals surface area contributed by atoms with E-state index < -0.39 is 29.4 Å². The number of carbonyl (C=O) groups is 1. The molecule has 4 heteroatoms. The molecule has 1 heterocycles. The maximum absolute atomic E-state index is 12.1. The summed E-state index contributed by atoms with van der Waals surface area (Å²) < 4.78 is 11.6. The second-order valence-electron chi connectivity index (χ2n) is 7.06. The molecule has 0 aromatic carbocycles. The minimum absolute atomic E-state index is 0.387. The first-order chi connectivity index (χ1) is 11.0.